The summed E-state index contributed by atoms with van der Waals surface area (Å²) in [6.07, 6.45) is 0. The number of rotatable bonds is 4. The van der Waals surface area contributed by atoms with E-state index < -0.39 is 4.92 Å². The van der Waals surface area contributed by atoms with Crippen LogP contribution < -0.4 is 5.32 Å². The lowest BCUT2D eigenvalue weighted by Crippen LogP contribution is -2.02. The van der Waals surface area contributed by atoms with Gasteiger partial charge in [-0.1, -0.05) is 31.9 Å². The molecule has 0 saturated carbocycles. The number of hydrogen-bond acceptors (Lipinski definition) is 3. The average molecular weight is 404 g/mol. The van der Waals surface area contributed by atoms with E-state index in [0.29, 0.717) is 26.7 Å². The van der Waals surface area contributed by atoms with Crippen LogP contribution >= 0.6 is 31.9 Å². The highest BCUT2D eigenvalue weighted by molar-refractivity contribution is 9.10. The van der Waals surface area contributed by atoms with Crippen molar-refractivity contribution in [2.75, 3.05) is 5.32 Å². The van der Waals surface area contributed by atoms with Gasteiger partial charge in [-0.25, -0.2) is 4.39 Å². The summed E-state index contributed by atoms with van der Waals surface area (Å²) in [7, 11) is 0. The molecular weight excluding hydrogens is 395 g/mol. The summed E-state index contributed by atoms with van der Waals surface area (Å²) in [6.45, 7) is 0.291. The first-order chi connectivity index (χ1) is 9.45. The first-order valence-electron chi connectivity index (χ1n) is 5.58. The maximum atomic E-state index is 13.6. The minimum atomic E-state index is -0.464. The van der Waals surface area contributed by atoms with Crippen molar-refractivity contribution in [3.05, 3.63) is 66.8 Å². The second kappa shape index (κ2) is 6.32. The van der Waals surface area contributed by atoms with Crippen LogP contribution in [-0.4, -0.2) is 4.92 Å². The van der Waals surface area contributed by atoms with Crippen LogP contribution in [0.4, 0.5) is 15.8 Å². The zero-order chi connectivity index (χ0) is 14.7. The van der Waals surface area contributed by atoms with Crippen molar-refractivity contribution in [3.63, 3.8) is 0 Å². The Bertz CT molecular complexity index is 665. The normalized spacial score (nSPS) is 10.3. The Balaban J connectivity index is 2.16. The second-order valence-corrected chi connectivity index (χ2v) is 5.88. The monoisotopic (exact) mass is 402 g/mol. The number of non-ortho nitro benzene ring substituents is 1. The van der Waals surface area contributed by atoms with Gasteiger partial charge in [0.05, 0.1) is 10.6 Å². The molecule has 0 radical (unpaired) electrons. The van der Waals surface area contributed by atoms with Crippen molar-refractivity contribution < 1.29 is 9.31 Å². The number of hydrogen-bond donors (Lipinski definition) is 1. The Morgan fingerprint density at radius 3 is 2.55 bits per heavy atom. The standard InChI is InChI=1S/C13H9Br2FN2O2/c14-9-1-2-13(12(16)6-9)17-7-8-3-10(15)5-11(4-8)18(19)20/h1-6,17H,7H2. The van der Waals surface area contributed by atoms with Crippen molar-refractivity contribution in [2.45, 2.75) is 6.54 Å². The van der Waals surface area contributed by atoms with Crippen LogP contribution in [0.5, 0.6) is 0 Å². The summed E-state index contributed by atoms with van der Waals surface area (Å²) in [4.78, 5) is 10.3. The van der Waals surface area contributed by atoms with Crippen LogP contribution in [-0.2, 0) is 6.54 Å². The molecule has 4 nitrogen and oxygen atoms in total. The van der Waals surface area contributed by atoms with Gasteiger partial charge in [0.25, 0.3) is 5.69 Å². The first-order valence-corrected chi connectivity index (χ1v) is 7.17. The fourth-order valence-electron chi connectivity index (χ4n) is 1.67. The third-order valence-electron chi connectivity index (χ3n) is 2.57. The molecule has 0 saturated heterocycles. The van der Waals surface area contributed by atoms with Crippen LogP contribution in [0.15, 0.2) is 45.3 Å². The topological polar surface area (TPSA) is 55.2 Å². The van der Waals surface area contributed by atoms with Gasteiger partial charge in [0, 0.05) is 27.6 Å². The van der Waals surface area contributed by atoms with Crippen LogP contribution in [0, 0.1) is 15.9 Å². The summed E-state index contributed by atoms with van der Waals surface area (Å²) < 4.78 is 14.9. The van der Waals surface area contributed by atoms with Gasteiger partial charge in [0.2, 0.25) is 0 Å². The van der Waals surface area contributed by atoms with Crippen molar-refractivity contribution in [1.82, 2.24) is 0 Å². The largest absolute Gasteiger partial charge is 0.379 e. The Morgan fingerprint density at radius 1 is 1.15 bits per heavy atom. The molecule has 104 valence electrons. The highest BCUT2D eigenvalue weighted by Gasteiger charge is 2.09. The molecule has 0 aliphatic heterocycles. The number of nitrogens with zero attached hydrogens (tertiary/aromatic N) is 1. The summed E-state index contributed by atoms with van der Waals surface area (Å²) in [6, 6.07) is 9.29. The van der Waals surface area contributed by atoms with E-state index in [1.165, 1.54) is 18.2 Å². The molecule has 0 aliphatic rings. The molecule has 20 heavy (non-hydrogen) atoms. The summed E-state index contributed by atoms with van der Waals surface area (Å²) in [5.74, 6) is -0.385. The van der Waals surface area contributed by atoms with E-state index in [1.54, 1.807) is 18.2 Å². The van der Waals surface area contributed by atoms with Crippen LogP contribution in [0.25, 0.3) is 0 Å². The van der Waals surface area contributed by atoms with E-state index in [9.17, 15) is 14.5 Å². The molecule has 0 unspecified atom stereocenters. The van der Waals surface area contributed by atoms with E-state index in [-0.39, 0.29) is 11.5 Å². The number of anilines is 1. The lowest BCUT2D eigenvalue weighted by molar-refractivity contribution is -0.385. The number of nitrogens with one attached hydrogen (secondary N) is 1. The highest BCUT2D eigenvalue weighted by Crippen LogP contribution is 2.23. The molecule has 1 N–H and O–H groups in total. The van der Waals surface area contributed by atoms with Gasteiger partial charge >= 0.3 is 0 Å². The zero-order valence-electron chi connectivity index (χ0n) is 10.1. The second-order valence-electron chi connectivity index (χ2n) is 4.05. The summed E-state index contributed by atoms with van der Waals surface area (Å²) >= 11 is 6.40. The lowest BCUT2D eigenvalue weighted by atomic mass is 10.2. The van der Waals surface area contributed by atoms with Gasteiger partial charge in [-0.3, -0.25) is 10.1 Å². The molecule has 0 atom stereocenters. The fraction of sp³-hybridized carbons (Fsp3) is 0.0769. The summed E-state index contributed by atoms with van der Waals surface area (Å²) in [5.41, 5.74) is 1.02. The van der Waals surface area contributed by atoms with Gasteiger partial charge < -0.3 is 5.32 Å². The highest BCUT2D eigenvalue weighted by atomic mass is 79.9. The molecule has 2 rings (SSSR count). The van der Waals surface area contributed by atoms with Crippen molar-refractivity contribution in [3.8, 4) is 0 Å². The number of nitro benzene ring substituents is 1. The van der Waals surface area contributed by atoms with E-state index in [1.807, 2.05) is 0 Å². The molecule has 0 spiro atoms. The lowest BCUT2D eigenvalue weighted by Gasteiger charge is -2.08. The van der Waals surface area contributed by atoms with Gasteiger partial charge in [0.15, 0.2) is 0 Å². The van der Waals surface area contributed by atoms with Crippen LogP contribution in [0.2, 0.25) is 0 Å². The Kier molecular flexibility index (Phi) is 4.72. The molecule has 0 fully saturated rings. The SMILES string of the molecule is O=[N+]([O-])c1cc(Br)cc(CNc2ccc(Br)cc2F)c1. The predicted octanol–water partition coefficient (Wildman–Crippen LogP) is 4.87. The molecule has 7 heteroatoms. The van der Waals surface area contributed by atoms with Gasteiger partial charge in [0.1, 0.15) is 5.82 Å². The fourth-order valence-corrected chi connectivity index (χ4v) is 2.53. The smallest absolute Gasteiger partial charge is 0.270 e. The van der Waals surface area contributed by atoms with Crippen LogP contribution in [0.1, 0.15) is 5.56 Å². The molecule has 0 bridgehead atoms. The zero-order valence-corrected chi connectivity index (χ0v) is 13.2. The van der Waals surface area contributed by atoms with Gasteiger partial charge in [-0.2, -0.15) is 0 Å². The molecule has 0 amide bonds. The summed E-state index contributed by atoms with van der Waals surface area (Å²) in [5, 5.41) is 13.7. The molecule has 0 aromatic heterocycles. The third-order valence-corrected chi connectivity index (χ3v) is 3.52. The number of halogens is 3. The molecule has 2 aromatic rings. The van der Waals surface area contributed by atoms with Crippen LogP contribution in [0.3, 0.4) is 0 Å². The maximum Gasteiger partial charge on any atom is 0.270 e. The molecule has 0 heterocycles. The van der Waals surface area contributed by atoms with E-state index in [0.717, 1.165) is 0 Å². The molecule has 2 aromatic carbocycles. The average Bonchev–Trinajstić information content (AvgIpc) is 2.37. The van der Waals surface area contributed by atoms with Gasteiger partial charge in [-0.05, 0) is 29.8 Å². The first kappa shape index (κ1) is 14.9. The third kappa shape index (κ3) is 3.77. The molecular formula is C13H9Br2FN2O2. The molecule has 0 aliphatic carbocycles. The van der Waals surface area contributed by atoms with Crippen molar-refractivity contribution >= 4 is 43.2 Å². The van der Waals surface area contributed by atoms with Crippen molar-refractivity contribution in [1.29, 1.82) is 0 Å². The Morgan fingerprint density at radius 2 is 1.90 bits per heavy atom. The quantitative estimate of drug-likeness (QED) is 0.585. The number of benzene rings is 2. The Hall–Kier alpha value is -1.47. The minimum Gasteiger partial charge on any atom is -0.379 e. The Labute approximate surface area is 131 Å². The maximum absolute atomic E-state index is 13.6. The predicted molar refractivity (Wildman–Crippen MR) is 82.2 cm³/mol. The van der Waals surface area contributed by atoms with E-state index >= 15 is 0 Å². The van der Waals surface area contributed by atoms with Crippen molar-refractivity contribution in [2.24, 2.45) is 0 Å². The van der Waals surface area contributed by atoms with E-state index in [2.05, 4.69) is 37.2 Å². The minimum absolute atomic E-state index is 0.00699. The van der Waals surface area contributed by atoms with E-state index in [4.69, 9.17) is 0 Å². The van der Waals surface area contributed by atoms with Gasteiger partial charge in [-0.15, -0.1) is 0 Å². The number of nitro groups is 1.